The van der Waals surface area contributed by atoms with Crippen molar-refractivity contribution in [2.75, 3.05) is 33.3 Å². The zero-order valence-electron chi connectivity index (χ0n) is 12.0. The number of hydrogen-bond acceptors (Lipinski definition) is 3. The zero-order valence-corrected chi connectivity index (χ0v) is 12.0. The van der Waals surface area contributed by atoms with Crippen LogP contribution in [0.4, 0.5) is 0 Å². The van der Waals surface area contributed by atoms with E-state index in [0.29, 0.717) is 0 Å². The van der Waals surface area contributed by atoms with Crippen LogP contribution in [0.25, 0.3) is 0 Å². The fourth-order valence-electron chi connectivity index (χ4n) is 2.53. The van der Waals surface area contributed by atoms with Crippen LogP contribution in [0.2, 0.25) is 0 Å². The number of ether oxygens (including phenoxy) is 1. The summed E-state index contributed by atoms with van der Waals surface area (Å²) < 4.78 is 5.65. The zero-order chi connectivity index (χ0) is 13.5. The summed E-state index contributed by atoms with van der Waals surface area (Å²) in [5.74, 6) is 1.09. The highest BCUT2D eigenvalue weighted by atomic mass is 16.5. The van der Waals surface area contributed by atoms with Crippen molar-refractivity contribution in [1.82, 2.24) is 4.90 Å². The minimum atomic E-state index is 0.804. The van der Waals surface area contributed by atoms with E-state index in [4.69, 9.17) is 10.5 Å². The summed E-state index contributed by atoms with van der Waals surface area (Å²) in [5.41, 5.74) is 8.32. The second-order valence-corrected chi connectivity index (χ2v) is 5.44. The number of nitrogens with two attached hydrogens (primary N) is 1. The Morgan fingerprint density at radius 1 is 1.26 bits per heavy atom. The Bertz CT molecular complexity index is 392. The maximum absolute atomic E-state index is 5.65. The van der Waals surface area contributed by atoms with Gasteiger partial charge in [0.2, 0.25) is 0 Å². The average molecular weight is 262 g/mol. The molecule has 0 aliphatic carbocycles. The molecule has 0 saturated carbocycles. The van der Waals surface area contributed by atoms with Crippen molar-refractivity contribution in [3.63, 3.8) is 0 Å². The lowest BCUT2D eigenvalue weighted by atomic mass is 10.0. The molecule has 0 bridgehead atoms. The smallest absolute Gasteiger partial charge is 0.122 e. The molecule has 0 radical (unpaired) electrons. The molecule has 0 aromatic heterocycles. The third kappa shape index (κ3) is 4.51. The quantitative estimate of drug-likeness (QED) is 0.766. The van der Waals surface area contributed by atoms with E-state index in [9.17, 15) is 0 Å². The van der Waals surface area contributed by atoms with E-state index in [0.717, 1.165) is 57.7 Å². The second kappa shape index (κ2) is 7.51. The Hall–Kier alpha value is -1.06. The van der Waals surface area contributed by atoms with Crippen LogP contribution in [-0.4, -0.2) is 38.2 Å². The molecule has 1 aliphatic rings. The van der Waals surface area contributed by atoms with Gasteiger partial charge in [0.15, 0.2) is 0 Å². The maximum atomic E-state index is 5.65. The number of benzene rings is 1. The van der Waals surface area contributed by atoms with Crippen molar-refractivity contribution in [3.8, 4) is 5.75 Å². The molecule has 0 atom stereocenters. The van der Waals surface area contributed by atoms with Crippen molar-refractivity contribution in [2.45, 2.75) is 32.1 Å². The van der Waals surface area contributed by atoms with Crippen LogP contribution in [0.3, 0.4) is 0 Å². The van der Waals surface area contributed by atoms with Crippen molar-refractivity contribution < 1.29 is 4.74 Å². The standard InChI is InChI=1S/C16H26N2O/c1-18(10-3-2-9-17)11-8-14-6-7-16-15(13-14)5-4-12-19-16/h6-7,13H,2-5,8-12,17H2,1H3. The van der Waals surface area contributed by atoms with E-state index >= 15 is 0 Å². The molecular formula is C16H26N2O. The first-order chi connectivity index (χ1) is 9.29. The van der Waals surface area contributed by atoms with Gasteiger partial charge in [0.25, 0.3) is 0 Å². The summed E-state index contributed by atoms with van der Waals surface area (Å²) in [7, 11) is 2.19. The minimum absolute atomic E-state index is 0.804. The third-order valence-electron chi connectivity index (χ3n) is 3.75. The van der Waals surface area contributed by atoms with Gasteiger partial charge in [-0.3, -0.25) is 0 Å². The highest BCUT2D eigenvalue weighted by molar-refractivity contribution is 5.38. The molecule has 106 valence electrons. The van der Waals surface area contributed by atoms with Gasteiger partial charge in [0, 0.05) is 6.54 Å². The number of unbranched alkanes of at least 4 members (excludes halogenated alkanes) is 1. The van der Waals surface area contributed by atoms with Crippen molar-refractivity contribution in [3.05, 3.63) is 29.3 Å². The van der Waals surface area contributed by atoms with Crippen LogP contribution in [0, 0.1) is 0 Å². The number of nitrogens with zero attached hydrogens (tertiary/aromatic N) is 1. The maximum Gasteiger partial charge on any atom is 0.122 e. The molecule has 3 nitrogen and oxygen atoms in total. The van der Waals surface area contributed by atoms with E-state index in [-0.39, 0.29) is 0 Å². The van der Waals surface area contributed by atoms with Crippen molar-refractivity contribution >= 4 is 0 Å². The first-order valence-electron chi connectivity index (χ1n) is 7.43. The van der Waals surface area contributed by atoms with Crippen LogP contribution in [0.15, 0.2) is 18.2 Å². The molecule has 2 N–H and O–H groups in total. The number of rotatable bonds is 7. The molecule has 1 aromatic carbocycles. The predicted octanol–water partition coefficient (Wildman–Crippen LogP) is 2.22. The van der Waals surface area contributed by atoms with Gasteiger partial charge >= 0.3 is 0 Å². The minimum Gasteiger partial charge on any atom is -0.493 e. The van der Waals surface area contributed by atoms with Crippen molar-refractivity contribution in [1.29, 1.82) is 0 Å². The van der Waals surface area contributed by atoms with Gasteiger partial charge in [-0.1, -0.05) is 12.1 Å². The monoisotopic (exact) mass is 262 g/mol. The Kier molecular flexibility index (Phi) is 5.67. The highest BCUT2D eigenvalue weighted by Crippen LogP contribution is 2.25. The van der Waals surface area contributed by atoms with Crippen molar-refractivity contribution in [2.24, 2.45) is 5.73 Å². The van der Waals surface area contributed by atoms with E-state index in [1.165, 1.54) is 17.5 Å². The molecule has 3 heteroatoms. The van der Waals surface area contributed by atoms with Gasteiger partial charge in [0.1, 0.15) is 5.75 Å². The molecule has 2 rings (SSSR count). The fraction of sp³-hybridized carbons (Fsp3) is 0.625. The van der Waals surface area contributed by atoms with Gasteiger partial charge in [-0.05, 0) is 69.4 Å². The van der Waals surface area contributed by atoms with Crippen LogP contribution < -0.4 is 10.5 Å². The first-order valence-corrected chi connectivity index (χ1v) is 7.43. The summed E-state index contributed by atoms with van der Waals surface area (Å²) in [4.78, 5) is 2.39. The number of hydrogen-bond donors (Lipinski definition) is 1. The molecule has 1 aliphatic heterocycles. The lowest BCUT2D eigenvalue weighted by molar-refractivity contribution is 0.288. The molecule has 0 unspecified atom stereocenters. The lowest BCUT2D eigenvalue weighted by Crippen LogP contribution is -2.23. The average Bonchev–Trinajstić information content (AvgIpc) is 2.45. The number of fused-ring (bicyclic) bond motifs is 1. The SMILES string of the molecule is CN(CCCCN)CCc1ccc2c(c1)CCCO2. The van der Waals surface area contributed by atoms with Gasteiger partial charge in [-0.25, -0.2) is 0 Å². The lowest BCUT2D eigenvalue weighted by Gasteiger charge is -2.19. The van der Waals surface area contributed by atoms with E-state index in [1.54, 1.807) is 0 Å². The number of likely N-dealkylation sites (N-methyl/N-ethyl adjacent to an activating group) is 1. The molecule has 0 amide bonds. The molecule has 0 saturated heterocycles. The van der Waals surface area contributed by atoms with Gasteiger partial charge in [-0.2, -0.15) is 0 Å². The second-order valence-electron chi connectivity index (χ2n) is 5.44. The van der Waals surface area contributed by atoms with E-state index in [1.807, 2.05) is 0 Å². The van der Waals surface area contributed by atoms with Crippen LogP contribution in [0.1, 0.15) is 30.4 Å². The normalized spacial score (nSPS) is 14.3. The topological polar surface area (TPSA) is 38.5 Å². The van der Waals surface area contributed by atoms with Crippen LogP contribution in [-0.2, 0) is 12.8 Å². The van der Waals surface area contributed by atoms with E-state index < -0.39 is 0 Å². The van der Waals surface area contributed by atoms with Crippen LogP contribution in [0.5, 0.6) is 5.75 Å². The molecule has 1 aromatic rings. The number of aryl methyl sites for hydroxylation is 1. The highest BCUT2D eigenvalue weighted by Gasteiger charge is 2.10. The molecule has 19 heavy (non-hydrogen) atoms. The van der Waals surface area contributed by atoms with Gasteiger partial charge in [-0.15, -0.1) is 0 Å². The van der Waals surface area contributed by atoms with Crippen LogP contribution >= 0.6 is 0 Å². The third-order valence-corrected chi connectivity index (χ3v) is 3.75. The fourth-order valence-corrected chi connectivity index (χ4v) is 2.53. The van der Waals surface area contributed by atoms with Gasteiger partial charge < -0.3 is 15.4 Å². The largest absolute Gasteiger partial charge is 0.493 e. The molecule has 0 spiro atoms. The molecule has 1 heterocycles. The Morgan fingerprint density at radius 3 is 3.00 bits per heavy atom. The predicted molar refractivity (Wildman–Crippen MR) is 79.7 cm³/mol. The summed E-state index contributed by atoms with van der Waals surface area (Å²) in [5, 5.41) is 0. The Morgan fingerprint density at radius 2 is 2.16 bits per heavy atom. The molecular weight excluding hydrogens is 236 g/mol. The summed E-state index contributed by atoms with van der Waals surface area (Å²) in [6.45, 7) is 3.93. The van der Waals surface area contributed by atoms with E-state index in [2.05, 4.69) is 30.1 Å². The first kappa shape index (κ1) is 14.4. The Labute approximate surface area is 116 Å². The summed E-state index contributed by atoms with van der Waals surface area (Å²) in [6.07, 6.45) is 5.75. The summed E-state index contributed by atoms with van der Waals surface area (Å²) >= 11 is 0. The Balaban J connectivity index is 1.79. The molecule has 0 fully saturated rings. The van der Waals surface area contributed by atoms with Gasteiger partial charge in [0.05, 0.1) is 6.61 Å². The summed E-state index contributed by atoms with van der Waals surface area (Å²) in [6, 6.07) is 6.67.